The third-order valence-corrected chi connectivity index (χ3v) is 4.45. The highest BCUT2D eigenvalue weighted by Crippen LogP contribution is 2.36. The summed E-state index contributed by atoms with van der Waals surface area (Å²) >= 11 is 1.44. The molecular weight excluding hydrogens is 294 g/mol. The Kier molecular flexibility index (Phi) is 3.68. The van der Waals surface area contributed by atoms with Crippen molar-refractivity contribution in [2.75, 3.05) is 5.75 Å². The van der Waals surface area contributed by atoms with Crippen molar-refractivity contribution in [1.82, 2.24) is 0 Å². The fraction of sp³-hybridized carbons (Fsp3) is 0.188. The van der Waals surface area contributed by atoms with Crippen LogP contribution in [0.3, 0.4) is 0 Å². The molecule has 0 amide bonds. The lowest BCUT2D eigenvalue weighted by atomic mass is 10.0. The summed E-state index contributed by atoms with van der Waals surface area (Å²) in [6.45, 7) is 1.50. The van der Waals surface area contributed by atoms with E-state index < -0.39 is 29.1 Å². The molecule has 0 radical (unpaired) electrons. The van der Waals surface area contributed by atoms with Crippen LogP contribution in [0.4, 0.5) is 8.78 Å². The van der Waals surface area contributed by atoms with Crippen LogP contribution in [0.2, 0.25) is 0 Å². The van der Waals surface area contributed by atoms with Gasteiger partial charge in [0.1, 0.15) is 17.4 Å². The molecule has 1 heterocycles. The lowest BCUT2D eigenvalue weighted by Gasteiger charge is -2.24. The van der Waals surface area contributed by atoms with E-state index in [-0.39, 0.29) is 5.56 Å². The number of Topliss-reactive ketones (excluding diaryl/α,β-unsaturated/α-hetero) is 1. The van der Waals surface area contributed by atoms with Crippen LogP contribution in [0.1, 0.15) is 15.9 Å². The number of ketones is 1. The second-order valence-corrected chi connectivity index (χ2v) is 5.84. The Morgan fingerprint density at radius 3 is 2.81 bits per heavy atom. The van der Waals surface area contributed by atoms with E-state index in [1.165, 1.54) is 24.8 Å². The van der Waals surface area contributed by atoms with Gasteiger partial charge in [-0.2, -0.15) is 0 Å². The van der Waals surface area contributed by atoms with Gasteiger partial charge in [-0.25, -0.2) is 8.78 Å². The Balaban J connectivity index is 1.93. The van der Waals surface area contributed by atoms with Crippen LogP contribution >= 0.6 is 11.8 Å². The number of thioether (sulfide) groups is 1. The normalized spacial score (nSPS) is 17.0. The van der Waals surface area contributed by atoms with Crippen molar-refractivity contribution >= 4 is 17.5 Å². The van der Waals surface area contributed by atoms with Gasteiger partial charge < -0.3 is 4.74 Å². The molecule has 0 spiro atoms. The number of aryl methyl sites for hydroxylation is 1. The van der Waals surface area contributed by atoms with E-state index in [0.29, 0.717) is 11.5 Å². The minimum atomic E-state index is -0.879. The largest absolute Gasteiger partial charge is 0.480 e. The Bertz CT molecular complexity index is 715. The number of benzene rings is 2. The summed E-state index contributed by atoms with van der Waals surface area (Å²) in [7, 11) is 0. The van der Waals surface area contributed by atoms with E-state index in [1.807, 2.05) is 12.1 Å². The van der Waals surface area contributed by atoms with Crippen LogP contribution in [0.25, 0.3) is 0 Å². The first-order chi connectivity index (χ1) is 10.1. The van der Waals surface area contributed by atoms with Crippen LogP contribution in [0.15, 0.2) is 41.3 Å². The third kappa shape index (κ3) is 2.53. The molecule has 2 aromatic rings. The summed E-state index contributed by atoms with van der Waals surface area (Å²) < 4.78 is 33.4. The molecule has 3 rings (SSSR count). The number of para-hydroxylation sites is 1. The third-order valence-electron chi connectivity index (χ3n) is 3.33. The van der Waals surface area contributed by atoms with E-state index in [0.717, 1.165) is 11.0 Å². The van der Waals surface area contributed by atoms with E-state index in [9.17, 15) is 13.6 Å². The molecule has 0 aliphatic carbocycles. The Labute approximate surface area is 125 Å². The Hall–Kier alpha value is -1.88. The topological polar surface area (TPSA) is 26.3 Å². The quantitative estimate of drug-likeness (QED) is 0.784. The van der Waals surface area contributed by atoms with Crippen LogP contribution in [-0.4, -0.2) is 17.6 Å². The molecule has 2 aromatic carbocycles. The van der Waals surface area contributed by atoms with Gasteiger partial charge >= 0.3 is 0 Å². The number of halogens is 2. The van der Waals surface area contributed by atoms with Gasteiger partial charge in [-0.3, -0.25) is 4.79 Å². The fourth-order valence-electron chi connectivity index (χ4n) is 2.19. The monoisotopic (exact) mass is 306 g/mol. The summed E-state index contributed by atoms with van der Waals surface area (Å²) in [5.74, 6) is -1.41. The van der Waals surface area contributed by atoms with Gasteiger partial charge in [0, 0.05) is 10.6 Å². The lowest BCUT2D eigenvalue weighted by molar-refractivity contribution is 0.0806. The van der Waals surface area contributed by atoms with Gasteiger partial charge in [-0.05, 0) is 30.7 Å². The molecule has 5 heteroatoms. The van der Waals surface area contributed by atoms with Crippen LogP contribution in [-0.2, 0) is 0 Å². The van der Waals surface area contributed by atoms with E-state index in [2.05, 4.69) is 0 Å². The molecule has 1 aliphatic rings. The highest BCUT2D eigenvalue weighted by Gasteiger charge is 2.31. The number of hydrogen-bond donors (Lipinski definition) is 0. The van der Waals surface area contributed by atoms with Crippen molar-refractivity contribution in [1.29, 1.82) is 0 Å². The van der Waals surface area contributed by atoms with E-state index >= 15 is 0 Å². The molecule has 1 aliphatic heterocycles. The molecule has 0 saturated carbocycles. The predicted octanol–water partition coefficient (Wildman–Crippen LogP) is 4.01. The molecule has 0 aromatic heterocycles. The summed E-state index contributed by atoms with van der Waals surface area (Å²) in [4.78, 5) is 13.3. The van der Waals surface area contributed by atoms with Gasteiger partial charge in [0.05, 0.1) is 5.56 Å². The molecule has 0 fully saturated rings. The average Bonchev–Trinajstić information content (AvgIpc) is 2.51. The highest BCUT2D eigenvalue weighted by atomic mass is 32.2. The van der Waals surface area contributed by atoms with Crippen LogP contribution in [0.5, 0.6) is 5.75 Å². The highest BCUT2D eigenvalue weighted by molar-refractivity contribution is 7.99. The van der Waals surface area contributed by atoms with Crippen molar-refractivity contribution < 1.29 is 18.3 Å². The molecule has 2 nitrogen and oxygen atoms in total. The lowest BCUT2D eigenvalue weighted by Crippen LogP contribution is -2.33. The van der Waals surface area contributed by atoms with Crippen molar-refractivity contribution in [3.63, 3.8) is 0 Å². The first-order valence-corrected chi connectivity index (χ1v) is 7.44. The van der Waals surface area contributed by atoms with Gasteiger partial charge in [-0.1, -0.05) is 18.2 Å². The smallest absolute Gasteiger partial charge is 0.210 e. The van der Waals surface area contributed by atoms with Gasteiger partial charge in [0.25, 0.3) is 0 Å². The zero-order chi connectivity index (χ0) is 15.0. The van der Waals surface area contributed by atoms with Crippen molar-refractivity contribution in [2.24, 2.45) is 0 Å². The van der Waals surface area contributed by atoms with E-state index in [4.69, 9.17) is 4.74 Å². The van der Waals surface area contributed by atoms with Gasteiger partial charge in [0.2, 0.25) is 5.78 Å². The number of ether oxygens (including phenoxy) is 1. The zero-order valence-electron chi connectivity index (χ0n) is 11.2. The summed E-state index contributed by atoms with van der Waals surface area (Å²) in [5, 5.41) is 0. The first-order valence-electron chi connectivity index (χ1n) is 6.45. The predicted molar refractivity (Wildman–Crippen MR) is 77.0 cm³/mol. The van der Waals surface area contributed by atoms with Crippen molar-refractivity contribution in [3.05, 3.63) is 59.2 Å². The van der Waals surface area contributed by atoms with Crippen LogP contribution in [0, 0.1) is 18.6 Å². The number of fused-ring (bicyclic) bond motifs is 1. The second kappa shape index (κ2) is 5.48. The molecule has 0 saturated heterocycles. The number of carbonyl (C=O) groups excluding carboxylic acids is 1. The summed E-state index contributed by atoms with van der Waals surface area (Å²) in [5.41, 5.74) is -0.274. The Morgan fingerprint density at radius 2 is 2.00 bits per heavy atom. The maximum Gasteiger partial charge on any atom is 0.210 e. The maximum atomic E-state index is 14.0. The Morgan fingerprint density at radius 1 is 1.24 bits per heavy atom. The molecule has 21 heavy (non-hydrogen) atoms. The first kappa shape index (κ1) is 14.1. The number of rotatable bonds is 2. The van der Waals surface area contributed by atoms with Crippen LogP contribution < -0.4 is 4.74 Å². The maximum absolute atomic E-state index is 14.0. The van der Waals surface area contributed by atoms with Crippen molar-refractivity contribution in [2.45, 2.75) is 17.9 Å². The van der Waals surface area contributed by atoms with E-state index in [1.54, 1.807) is 12.1 Å². The van der Waals surface area contributed by atoms with Gasteiger partial charge in [-0.15, -0.1) is 11.8 Å². The standard InChI is InChI=1S/C16H12F2O2S/c1-9-6-7-10(17)14(15(9)18)16(19)12-8-21-13-5-3-2-4-11(13)20-12/h2-7,12H,8H2,1H3. The molecule has 108 valence electrons. The average molecular weight is 306 g/mol. The minimum absolute atomic E-state index is 0.239. The molecule has 1 unspecified atom stereocenters. The summed E-state index contributed by atoms with van der Waals surface area (Å²) in [6, 6.07) is 9.71. The molecule has 0 bridgehead atoms. The zero-order valence-corrected chi connectivity index (χ0v) is 12.0. The molecular formula is C16H12F2O2S. The van der Waals surface area contributed by atoms with Gasteiger partial charge in [0.15, 0.2) is 6.10 Å². The number of carbonyl (C=O) groups is 1. The SMILES string of the molecule is Cc1ccc(F)c(C(=O)C2CSc3ccccc3O2)c1F. The second-order valence-electron chi connectivity index (χ2n) is 4.78. The van der Waals surface area contributed by atoms with Crippen molar-refractivity contribution in [3.8, 4) is 5.75 Å². The minimum Gasteiger partial charge on any atom is -0.480 e. The fourth-order valence-corrected chi connectivity index (χ4v) is 3.18. The molecule has 1 atom stereocenters. The summed E-state index contributed by atoms with van der Waals surface area (Å²) in [6.07, 6.45) is -0.879. The number of hydrogen-bond acceptors (Lipinski definition) is 3. The molecule has 0 N–H and O–H groups in total.